The molecule has 1 saturated heterocycles. The second kappa shape index (κ2) is 4.30. The van der Waals surface area contributed by atoms with E-state index in [1.807, 2.05) is 0 Å². The lowest BCUT2D eigenvalue weighted by atomic mass is 9.68. The van der Waals surface area contributed by atoms with Gasteiger partial charge in [0.2, 0.25) is 0 Å². The van der Waals surface area contributed by atoms with E-state index in [1.165, 1.54) is 22.1 Å². The highest BCUT2D eigenvalue weighted by atomic mass is 32.2. The summed E-state index contributed by atoms with van der Waals surface area (Å²) < 4.78 is 26.9. The Kier molecular flexibility index (Phi) is 3.01. The highest BCUT2D eigenvalue weighted by molar-refractivity contribution is 7.91. The lowest BCUT2D eigenvalue weighted by Crippen LogP contribution is -2.38. The summed E-state index contributed by atoms with van der Waals surface area (Å²) in [5, 5.41) is 11.2. The topological polar surface area (TPSA) is 57.6 Å². The lowest BCUT2D eigenvalue weighted by molar-refractivity contribution is 0.149. The second-order valence-corrected chi connectivity index (χ2v) is 8.44. The molecule has 1 aliphatic carbocycles. The fourth-order valence-corrected chi connectivity index (χ4v) is 5.98. The van der Waals surface area contributed by atoms with Crippen LogP contribution in [0.15, 0.2) is 21.7 Å². The average molecular weight is 287 g/mol. The summed E-state index contributed by atoms with van der Waals surface area (Å²) in [6.45, 7) is 0.505. The molecule has 1 aromatic heterocycles. The Morgan fingerprint density at radius 2 is 2.28 bits per heavy atom. The molecule has 1 spiro atoms. The standard InChI is InChI=1S/C12H17NO3S2/c14-8-10-7-12(4-2-5-12)9-13(10)18(15,16)11-3-1-6-17-11/h1,3,6,10,14H,2,4-5,7-9H2. The van der Waals surface area contributed by atoms with Gasteiger partial charge in [-0.2, -0.15) is 4.31 Å². The van der Waals surface area contributed by atoms with E-state index >= 15 is 0 Å². The number of aliphatic hydroxyl groups excluding tert-OH is 1. The van der Waals surface area contributed by atoms with Gasteiger partial charge in [-0.15, -0.1) is 11.3 Å². The maximum absolute atomic E-state index is 12.5. The van der Waals surface area contributed by atoms with E-state index in [9.17, 15) is 13.5 Å². The average Bonchev–Trinajstić information content (AvgIpc) is 2.95. The van der Waals surface area contributed by atoms with Crippen LogP contribution in [0.5, 0.6) is 0 Å². The predicted molar refractivity (Wildman–Crippen MR) is 70.0 cm³/mol. The summed E-state index contributed by atoms with van der Waals surface area (Å²) in [7, 11) is -3.41. The van der Waals surface area contributed by atoms with Gasteiger partial charge in [0.1, 0.15) is 4.21 Å². The quantitative estimate of drug-likeness (QED) is 0.920. The van der Waals surface area contributed by atoms with Crippen LogP contribution in [-0.4, -0.2) is 37.0 Å². The third-order valence-corrected chi connectivity index (χ3v) is 7.52. The van der Waals surface area contributed by atoms with Crippen molar-refractivity contribution in [3.63, 3.8) is 0 Å². The van der Waals surface area contributed by atoms with Crippen molar-refractivity contribution in [1.82, 2.24) is 4.31 Å². The van der Waals surface area contributed by atoms with Gasteiger partial charge >= 0.3 is 0 Å². The minimum Gasteiger partial charge on any atom is -0.395 e. The molecule has 3 rings (SSSR count). The predicted octanol–water partition coefficient (Wildman–Crippen LogP) is 1.67. The molecule has 1 unspecified atom stereocenters. The van der Waals surface area contributed by atoms with Crippen LogP contribution in [0.4, 0.5) is 0 Å². The fraction of sp³-hybridized carbons (Fsp3) is 0.667. The van der Waals surface area contributed by atoms with Crippen molar-refractivity contribution >= 4 is 21.4 Å². The first kappa shape index (κ1) is 12.6. The Hall–Kier alpha value is -0.430. The Morgan fingerprint density at radius 1 is 1.50 bits per heavy atom. The van der Waals surface area contributed by atoms with Crippen LogP contribution < -0.4 is 0 Å². The summed E-state index contributed by atoms with van der Waals surface area (Å²) in [6, 6.07) is 3.15. The minimum atomic E-state index is -3.41. The molecule has 2 aliphatic rings. The van der Waals surface area contributed by atoms with Gasteiger partial charge < -0.3 is 5.11 Å². The van der Waals surface area contributed by atoms with Gasteiger partial charge in [0.05, 0.1) is 6.61 Å². The normalized spacial score (nSPS) is 27.5. The Labute approximate surface area is 111 Å². The fourth-order valence-electron chi connectivity index (χ4n) is 3.13. The number of aliphatic hydroxyl groups is 1. The Bertz CT molecular complexity index is 520. The molecule has 18 heavy (non-hydrogen) atoms. The monoisotopic (exact) mass is 287 g/mol. The van der Waals surface area contributed by atoms with E-state index in [1.54, 1.807) is 17.5 Å². The lowest BCUT2D eigenvalue weighted by Gasteiger charge is -2.37. The third kappa shape index (κ3) is 1.82. The minimum absolute atomic E-state index is 0.0770. The van der Waals surface area contributed by atoms with E-state index in [4.69, 9.17) is 0 Å². The highest BCUT2D eigenvalue weighted by Gasteiger charge is 2.51. The molecule has 1 saturated carbocycles. The van der Waals surface area contributed by atoms with Crippen LogP contribution in [0, 0.1) is 5.41 Å². The molecule has 2 fully saturated rings. The van der Waals surface area contributed by atoms with Crippen LogP contribution in [0.3, 0.4) is 0 Å². The van der Waals surface area contributed by atoms with Crippen LogP contribution in [0.1, 0.15) is 25.7 Å². The van der Waals surface area contributed by atoms with Gasteiger partial charge in [-0.25, -0.2) is 8.42 Å². The van der Waals surface area contributed by atoms with Crippen molar-refractivity contribution in [2.75, 3.05) is 13.2 Å². The number of sulfonamides is 1. The number of nitrogens with zero attached hydrogens (tertiary/aromatic N) is 1. The first-order valence-electron chi connectivity index (χ1n) is 6.24. The smallest absolute Gasteiger partial charge is 0.252 e. The van der Waals surface area contributed by atoms with Crippen LogP contribution in [0.2, 0.25) is 0 Å². The van der Waals surface area contributed by atoms with Gasteiger partial charge in [-0.1, -0.05) is 12.5 Å². The zero-order valence-electron chi connectivity index (χ0n) is 10.1. The molecule has 0 bridgehead atoms. The van der Waals surface area contributed by atoms with Crippen molar-refractivity contribution in [2.24, 2.45) is 5.41 Å². The van der Waals surface area contributed by atoms with E-state index in [0.717, 1.165) is 19.3 Å². The molecule has 1 atom stereocenters. The van der Waals surface area contributed by atoms with Gasteiger partial charge in [0.25, 0.3) is 10.0 Å². The molecule has 1 aromatic rings. The van der Waals surface area contributed by atoms with Crippen molar-refractivity contribution < 1.29 is 13.5 Å². The van der Waals surface area contributed by atoms with Crippen molar-refractivity contribution in [1.29, 1.82) is 0 Å². The highest BCUT2D eigenvalue weighted by Crippen LogP contribution is 2.51. The molecule has 1 aliphatic heterocycles. The first-order valence-corrected chi connectivity index (χ1v) is 8.56. The SMILES string of the molecule is O=S(=O)(c1cccs1)N1CC2(CCC2)CC1CO. The molecule has 6 heteroatoms. The third-order valence-electron chi connectivity index (χ3n) is 4.25. The Morgan fingerprint density at radius 3 is 2.78 bits per heavy atom. The maximum Gasteiger partial charge on any atom is 0.252 e. The van der Waals surface area contributed by atoms with E-state index < -0.39 is 10.0 Å². The van der Waals surface area contributed by atoms with E-state index in [0.29, 0.717) is 10.8 Å². The van der Waals surface area contributed by atoms with Gasteiger partial charge in [0, 0.05) is 12.6 Å². The van der Waals surface area contributed by atoms with Gasteiger partial charge in [0.15, 0.2) is 0 Å². The summed E-state index contributed by atoms with van der Waals surface area (Å²) in [4.78, 5) is 0. The van der Waals surface area contributed by atoms with Crippen molar-refractivity contribution in [2.45, 2.75) is 35.9 Å². The molecule has 0 amide bonds. The molecular formula is C12H17NO3S2. The number of thiophene rings is 1. The van der Waals surface area contributed by atoms with E-state index in [2.05, 4.69) is 0 Å². The molecule has 0 aromatic carbocycles. The molecule has 4 nitrogen and oxygen atoms in total. The van der Waals surface area contributed by atoms with Gasteiger partial charge in [-0.3, -0.25) is 0 Å². The van der Waals surface area contributed by atoms with E-state index in [-0.39, 0.29) is 18.1 Å². The van der Waals surface area contributed by atoms with Crippen molar-refractivity contribution in [3.8, 4) is 0 Å². The largest absolute Gasteiger partial charge is 0.395 e. The maximum atomic E-state index is 12.5. The molecular weight excluding hydrogens is 270 g/mol. The van der Waals surface area contributed by atoms with Gasteiger partial charge in [-0.05, 0) is 36.1 Å². The van der Waals surface area contributed by atoms with Crippen molar-refractivity contribution in [3.05, 3.63) is 17.5 Å². The molecule has 100 valence electrons. The van der Waals surface area contributed by atoms with Crippen LogP contribution in [-0.2, 0) is 10.0 Å². The number of rotatable bonds is 3. The second-order valence-electron chi connectivity index (χ2n) is 5.38. The molecule has 1 N–H and O–H groups in total. The number of hydrogen-bond donors (Lipinski definition) is 1. The van der Waals surface area contributed by atoms with Crippen LogP contribution in [0.25, 0.3) is 0 Å². The molecule has 2 heterocycles. The zero-order valence-corrected chi connectivity index (χ0v) is 11.7. The summed E-state index contributed by atoms with van der Waals surface area (Å²) in [6.07, 6.45) is 4.19. The first-order chi connectivity index (χ1) is 8.57. The zero-order chi connectivity index (χ0) is 12.8. The summed E-state index contributed by atoms with van der Waals surface area (Å²) in [5.41, 5.74) is 0.151. The van der Waals surface area contributed by atoms with Crippen LogP contribution >= 0.6 is 11.3 Å². The Balaban J connectivity index is 1.91. The number of hydrogen-bond acceptors (Lipinski definition) is 4. The summed E-state index contributed by atoms with van der Waals surface area (Å²) >= 11 is 1.24. The molecule has 0 radical (unpaired) electrons. The summed E-state index contributed by atoms with van der Waals surface area (Å²) in [5.74, 6) is 0.